The Labute approximate surface area is 129 Å². The molecular weight excluding hydrogens is 305 g/mol. The predicted octanol–water partition coefficient (Wildman–Crippen LogP) is 2.96. The van der Waals surface area contributed by atoms with Gasteiger partial charge in [0.15, 0.2) is 0 Å². The molecule has 3 rings (SSSR count). The highest BCUT2D eigenvalue weighted by Gasteiger charge is 2.18. The Hall–Kier alpha value is -2.54. The topological polar surface area (TPSA) is 81.0 Å². The smallest absolute Gasteiger partial charge is 0.266 e. The minimum absolute atomic E-state index is 0.241. The van der Waals surface area contributed by atoms with E-state index in [1.54, 1.807) is 24.3 Å². The van der Waals surface area contributed by atoms with E-state index in [1.165, 1.54) is 31.0 Å². The number of ether oxygens (including phenoxy) is 1. The maximum Gasteiger partial charge on any atom is 0.266 e. The molecule has 0 bridgehead atoms. The fraction of sp³-hybridized carbons (Fsp3) is 0.0667. The van der Waals surface area contributed by atoms with E-state index in [9.17, 15) is 9.18 Å². The normalized spacial score (nSPS) is 10.8. The van der Waals surface area contributed by atoms with Crippen molar-refractivity contribution in [3.8, 4) is 5.88 Å². The minimum Gasteiger partial charge on any atom is -0.481 e. The summed E-state index contributed by atoms with van der Waals surface area (Å²) in [7, 11) is 1.51. The van der Waals surface area contributed by atoms with Gasteiger partial charge in [0.1, 0.15) is 17.0 Å². The van der Waals surface area contributed by atoms with Crippen LogP contribution in [0.25, 0.3) is 11.0 Å². The van der Waals surface area contributed by atoms with Crippen LogP contribution in [-0.4, -0.2) is 23.0 Å². The SMILES string of the molecule is COc1ccc2[nH]c(C(N)=O)c(Sc3cccc(F)c3)c2n1. The highest BCUT2D eigenvalue weighted by Crippen LogP contribution is 2.36. The van der Waals surface area contributed by atoms with Crippen molar-refractivity contribution in [1.29, 1.82) is 0 Å². The molecule has 0 spiro atoms. The third-order valence-electron chi connectivity index (χ3n) is 3.04. The Morgan fingerprint density at radius 3 is 2.86 bits per heavy atom. The highest BCUT2D eigenvalue weighted by molar-refractivity contribution is 7.99. The molecule has 0 aliphatic rings. The summed E-state index contributed by atoms with van der Waals surface area (Å²) in [5, 5.41) is 0. The standard InChI is InChI=1S/C15H12FN3O2S/c1-21-11-6-5-10-12(19-11)14(13(18-10)15(17)20)22-9-4-2-3-8(16)7-9/h2-7,18H,1H3,(H2,17,20). The number of amides is 1. The molecule has 0 fully saturated rings. The van der Waals surface area contributed by atoms with Crippen molar-refractivity contribution in [1.82, 2.24) is 9.97 Å². The number of primary amides is 1. The van der Waals surface area contributed by atoms with Crippen LogP contribution in [0.2, 0.25) is 0 Å². The Kier molecular flexibility index (Phi) is 3.72. The molecule has 0 atom stereocenters. The number of nitrogens with zero attached hydrogens (tertiary/aromatic N) is 1. The van der Waals surface area contributed by atoms with Crippen molar-refractivity contribution in [3.63, 3.8) is 0 Å². The minimum atomic E-state index is -0.601. The first-order valence-corrected chi connectivity index (χ1v) is 7.20. The van der Waals surface area contributed by atoms with Crippen LogP contribution in [0.3, 0.4) is 0 Å². The molecule has 3 N–H and O–H groups in total. The van der Waals surface area contributed by atoms with Crippen LogP contribution in [0.4, 0.5) is 4.39 Å². The summed E-state index contributed by atoms with van der Waals surface area (Å²) in [6, 6.07) is 9.52. The number of methoxy groups -OCH3 is 1. The third kappa shape index (κ3) is 2.62. The molecule has 1 amide bonds. The lowest BCUT2D eigenvalue weighted by molar-refractivity contribution is 0.0993. The zero-order valence-corrected chi connectivity index (χ0v) is 12.4. The van der Waals surface area contributed by atoms with Crippen LogP contribution in [0.1, 0.15) is 10.5 Å². The summed E-state index contributed by atoms with van der Waals surface area (Å²) in [6.07, 6.45) is 0. The van der Waals surface area contributed by atoms with Crippen molar-refractivity contribution in [2.24, 2.45) is 5.73 Å². The number of carbonyl (C=O) groups is 1. The van der Waals surface area contributed by atoms with Gasteiger partial charge in [-0.25, -0.2) is 9.37 Å². The first-order chi connectivity index (χ1) is 10.6. The largest absolute Gasteiger partial charge is 0.481 e. The van der Waals surface area contributed by atoms with Crippen molar-refractivity contribution >= 4 is 28.7 Å². The van der Waals surface area contributed by atoms with Crippen molar-refractivity contribution < 1.29 is 13.9 Å². The molecule has 0 aliphatic heterocycles. The average Bonchev–Trinajstić information content (AvgIpc) is 2.85. The van der Waals surface area contributed by atoms with Gasteiger partial charge in [-0.05, 0) is 24.3 Å². The first kappa shape index (κ1) is 14.4. The molecule has 0 aliphatic carbocycles. The molecular formula is C15H12FN3O2S. The summed E-state index contributed by atoms with van der Waals surface area (Å²) in [5.74, 6) is -0.532. The van der Waals surface area contributed by atoms with Crippen molar-refractivity contribution in [2.75, 3.05) is 7.11 Å². The quantitative estimate of drug-likeness (QED) is 0.775. The summed E-state index contributed by atoms with van der Waals surface area (Å²) in [4.78, 5) is 20.1. The first-order valence-electron chi connectivity index (χ1n) is 6.38. The van der Waals surface area contributed by atoms with Crippen LogP contribution in [0, 0.1) is 5.82 Å². The number of rotatable bonds is 4. The number of nitrogens with one attached hydrogen (secondary N) is 1. The van der Waals surface area contributed by atoms with E-state index < -0.39 is 5.91 Å². The van der Waals surface area contributed by atoms with Crippen LogP contribution in [-0.2, 0) is 0 Å². The fourth-order valence-corrected chi connectivity index (χ4v) is 3.12. The number of halogens is 1. The zero-order valence-electron chi connectivity index (χ0n) is 11.6. The van der Waals surface area contributed by atoms with E-state index in [1.807, 2.05) is 0 Å². The van der Waals surface area contributed by atoms with E-state index in [2.05, 4.69) is 9.97 Å². The number of hydrogen-bond acceptors (Lipinski definition) is 4. The number of fused-ring (bicyclic) bond motifs is 1. The van der Waals surface area contributed by atoms with Gasteiger partial charge in [0.2, 0.25) is 5.88 Å². The molecule has 0 radical (unpaired) electrons. The van der Waals surface area contributed by atoms with E-state index in [0.29, 0.717) is 26.7 Å². The molecule has 112 valence electrons. The van der Waals surface area contributed by atoms with Gasteiger partial charge >= 0.3 is 0 Å². The fourth-order valence-electron chi connectivity index (χ4n) is 2.06. The second kappa shape index (κ2) is 5.69. The summed E-state index contributed by atoms with van der Waals surface area (Å²) in [5.41, 5.74) is 6.88. The van der Waals surface area contributed by atoms with Crippen molar-refractivity contribution in [2.45, 2.75) is 9.79 Å². The van der Waals surface area contributed by atoms with E-state index in [0.717, 1.165) is 0 Å². The predicted molar refractivity (Wildman–Crippen MR) is 81.7 cm³/mol. The molecule has 2 heterocycles. The van der Waals surface area contributed by atoms with Crippen LogP contribution in [0.15, 0.2) is 46.2 Å². The Balaban J connectivity index is 2.16. The summed E-state index contributed by atoms with van der Waals surface area (Å²) >= 11 is 1.22. The molecule has 3 aromatic rings. The monoisotopic (exact) mass is 317 g/mol. The summed E-state index contributed by atoms with van der Waals surface area (Å²) in [6.45, 7) is 0. The summed E-state index contributed by atoms with van der Waals surface area (Å²) < 4.78 is 18.4. The van der Waals surface area contributed by atoms with Gasteiger partial charge in [0.25, 0.3) is 5.91 Å². The lowest BCUT2D eigenvalue weighted by Gasteiger charge is -2.03. The third-order valence-corrected chi connectivity index (χ3v) is 4.13. The highest BCUT2D eigenvalue weighted by atomic mass is 32.2. The number of pyridine rings is 1. The van der Waals surface area contributed by atoms with Crippen LogP contribution >= 0.6 is 11.8 Å². The molecule has 1 aromatic carbocycles. The van der Waals surface area contributed by atoms with Gasteiger partial charge in [-0.1, -0.05) is 17.8 Å². The Morgan fingerprint density at radius 2 is 2.18 bits per heavy atom. The molecule has 2 aromatic heterocycles. The second-order valence-corrected chi connectivity index (χ2v) is 5.59. The van der Waals surface area contributed by atoms with Gasteiger partial charge in [-0.3, -0.25) is 4.79 Å². The second-order valence-electron chi connectivity index (χ2n) is 4.50. The number of H-pyrrole nitrogens is 1. The lowest BCUT2D eigenvalue weighted by atomic mass is 10.3. The number of benzene rings is 1. The van der Waals surface area contributed by atoms with Crippen molar-refractivity contribution in [3.05, 3.63) is 47.9 Å². The Bertz CT molecular complexity index is 863. The van der Waals surface area contributed by atoms with Gasteiger partial charge < -0.3 is 15.5 Å². The molecule has 0 saturated heterocycles. The number of aromatic nitrogens is 2. The number of hydrogen-bond donors (Lipinski definition) is 2. The van der Waals surface area contributed by atoms with E-state index >= 15 is 0 Å². The molecule has 22 heavy (non-hydrogen) atoms. The van der Waals surface area contributed by atoms with Gasteiger partial charge in [0, 0.05) is 11.0 Å². The molecule has 0 unspecified atom stereocenters. The number of nitrogens with two attached hydrogens (primary N) is 1. The van der Waals surface area contributed by atoms with Gasteiger partial charge in [-0.15, -0.1) is 0 Å². The van der Waals surface area contributed by atoms with Crippen LogP contribution in [0.5, 0.6) is 5.88 Å². The van der Waals surface area contributed by atoms with Gasteiger partial charge in [0.05, 0.1) is 17.5 Å². The van der Waals surface area contributed by atoms with Gasteiger partial charge in [-0.2, -0.15) is 0 Å². The average molecular weight is 317 g/mol. The number of carbonyl (C=O) groups excluding carboxylic acids is 1. The maximum atomic E-state index is 13.3. The lowest BCUT2D eigenvalue weighted by Crippen LogP contribution is -2.12. The molecule has 7 heteroatoms. The zero-order chi connectivity index (χ0) is 15.7. The van der Waals surface area contributed by atoms with Crippen LogP contribution < -0.4 is 10.5 Å². The molecule has 5 nitrogen and oxygen atoms in total. The van der Waals surface area contributed by atoms with E-state index in [-0.39, 0.29) is 11.5 Å². The molecule has 0 saturated carbocycles. The van der Waals surface area contributed by atoms with E-state index in [4.69, 9.17) is 10.5 Å². The Morgan fingerprint density at radius 1 is 1.36 bits per heavy atom. The number of aromatic amines is 1. The maximum absolute atomic E-state index is 13.3.